The number of nitrogens with one attached hydrogen (secondary N) is 1. The minimum Gasteiger partial charge on any atom is -0.397 e. The Morgan fingerprint density at radius 3 is 2.62 bits per heavy atom. The van der Waals surface area contributed by atoms with E-state index >= 15 is 0 Å². The van der Waals surface area contributed by atoms with Crippen LogP contribution in [0.15, 0.2) is 18.2 Å². The summed E-state index contributed by atoms with van der Waals surface area (Å²) in [5, 5.41) is 12.6. The molecule has 3 heteroatoms. The average Bonchev–Trinajstić information content (AvgIpc) is 2.21. The van der Waals surface area contributed by atoms with Crippen molar-refractivity contribution in [3.8, 4) is 0 Å². The summed E-state index contributed by atoms with van der Waals surface area (Å²) in [5.74, 6) is 0.552. The highest BCUT2D eigenvalue weighted by Crippen LogP contribution is 2.21. The summed E-state index contributed by atoms with van der Waals surface area (Å²) in [5.41, 5.74) is 8.69. The maximum Gasteiger partial charge on any atom is 0.0632 e. The molecule has 1 aromatic carbocycles. The number of hydrogen-bond donors (Lipinski definition) is 3. The Morgan fingerprint density at radius 1 is 1.38 bits per heavy atom. The van der Waals surface area contributed by atoms with E-state index in [-0.39, 0.29) is 12.6 Å². The number of nitrogens with two attached hydrogens (primary N) is 1. The van der Waals surface area contributed by atoms with Crippen LogP contribution in [0.3, 0.4) is 0 Å². The van der Waals surface area contributed by atoms with E-state index < -0.39 is 0 Å². The van der Waals surface area contributed by atoms with Gasteiger partial charge in [-0.2, -0.15) is 0 Å². The lowest BCUT2D eigenvalue weighted by molar-refractivity contribution is 0.259. The van der Waals surface area contributed by atoms with Crippen LogP contribution in [0.4, 0.5) is 11.4 Å². The van der Waals surface area contributed by atoms with E-state index in [0.29, 0.717) is 5.92 Å². The van der Waals surface area contributed by atoms with Crippen LogP contribution >= 0.6 is 0 Å². The highest BCUT2D eigenvalue weighted by molar-refractivity contribution is 5.67. The molecule has 0 bridgehead atoms. The quantitative estimate of drug-likeness (QED) is 0.670. The van der Waals surface area contributed by atoms with Crippen molar-refractivity contribution in [3.05, 3.63) is 23.8 Å². The van der Waals surface area contributed by atoms with Crippen LogP contribution in [0.5, 0.6) is 0 Å². The van der Waals surface area contributed by atoms with Gasteiger partial charge in [-0.15, -0.1) is 0 Å². The number of benzene rings is 1. The Morgan fingerprint density at radius 2 is 2.06 bits per heavy atom. The molecule has 0 fully saturated rings. The molecule has 90 valence electrons. The zero-order chi connectivity index (χ0) is 12.1. The van der Waals surface area contributed by atoms with E-state index in [1.54, 1.807) is 0 Å². The summed E-state index contributed by atoms with van der Waals surface area (Å²) in [7, 11) is 0. The molecule has 3 nitrogen and oxygen atoms in total. The first-order valence-corrected chi connectivity index (χ1v) is 5.76. The third-order valence-electron chi connectivity index (χ3n) is 2.54. The third kappa shape index (κ3) is 3.74. The molecule has 4 N–H and O–H groups in total. The largest absolute Gasteiger partial charge is 0.397 e. The van der Waals surface area contributed by atoms with Crippen LogP contribution in [-0.2, 0) is 0 Å². The zero-order valence-corrected chi connectivity index (χ0v) is 10.3. The highest BCUT2D eigenvalue weighted by atomic mass is 16.3. The van der Waals surface area contributed by atoms with E-state index in [2.05, 4.69) is 19.2 Å². The summed E-state index contributed by atoms with van der Waals surface area (Å²) in [6.45, 7) is 6.44. The molecule has 0 aliphatic heterocycles. The monoisotopic (exact) mass is 222 g/mol. The molecule has 1 rings (SSSR count). The topological polar surface area (TPSA) is 58.3 Å². The molecule has 0 aromatic heterocycles. The number of rotatable bonds is 5. The summed E-state index contributed by atoms with van der Waals surface area (Å²) >= 11 is 0. The van der Waals surface area contributed by atoms with Gasteiger partial charge in [0.15, 0.2) is 0 Å². The Labute approximate surface area is 97.7 Å². The lowest BCUT2D eigenvalue weighted by Crippen LogP contribution is -2.26. The van der Waals surface area contributed by atoms with Crippen molar-refractivity contribution in [2.45, 2.75) is 33.2 Å². The Hall–Kier alpha value is -1.22. The van der Waals surface area contributed by atoms with Gasteiger partial charge in [-0.05, 0) is 37.0 Å². The van der Waals surface area contributed by atoms with Crippen LogP contribution < -0.4 is 11.1 Å². The number of anilines is 2. The van der Waals surface area contributed by atoms with Crippen LogP contribution in [0, 0.1) is 12.8 Å². The Bertz CT molecular complexity index is 337. The number of aryl methyl sites for hydroxylation is 1. The third-order valence-corrected chi connectivity index (χ3v) is 2.54. The summed E-state index contributed by atoms with van der Waals surface area (Å²) < 4.78 is 0. The average molecular weight is 222 g/mol. The Balaban J connectivity index is 2.73. The molecular formula is C13H22N2O. The lowest BCUT2D eigenvalue weighted by Gasteiger charge is -2.20. The highest BCUT2D eigenvalue weighted by Gasteiger charge is 2.10. The zero-order valence-electron chi connectivity index (χ0n) is 10.3. The molecule has 1 aromatic rings. The normalized spacial score (nSPS) is 12.8. The van der Waals surface area contributed by atoms with Gasteiger partial charge in [0, 0.05) is 6.04 Å². The second-order valence-corrected chi connectivity index (χ2v) is 4.74. The molecule has 0 saturated carbocycles. The SMILES string of the molecule is Cc1ccc(N)c(NC(CO)CC(C)C)c1. The van der Waals surface area contributed by atoms with E-state index in [9.17, 15) is 5.11 Å². The molecule has 0 radical (unpaired) electrons. The van der Waals surface area contributed by atoms with Gasteiger partial charge in [0.05, 0.1) is 18.0 Å². The van der Waals surface area contributed by atoms with E-state index in [1.807, 2.05) is 25.1 Å². The Kier molecular flexibility index (Phi) is 4.62. The predicted molar refractivity (Wildman–Crippen MR) is 69.5 cm³/mol. The number of aliphatic hydroxyl groups is 1. The summed E-state index contributed by atoms with van der Waals surface area (Å²) in [6, 6.07) is 5.96. The summed E-state index contributed by atoms with van der Waals surface area (Å²) in [6.07, 6.45) is 0.934. The van der Waals surface area contributed by atoms with Crippen molar-refractivity contribution in [2.75, 3.05) is 17.7 Å². The molecule has 1 atom stereocenters. The van der Waals surface area contributed by atoms with Gasteiger partial charge in [0.1, 0.15) is 0 Å². The molecule has 0 spiro atoms. The lowest BCUT2D eigenvalue weighted by atomic mass is 10.0. The second-order valence-electron chi connectivity index (χ2n) is 4.74. The van der Waals surface area contributed by atoms with Gasteiger partial charge in [-0.1, -0.05) is 19.9 Å². The van der Waals surface area contributed by atoms with E-state index in [0.717, 1.165) is 23.4 Å². The number of hydrogen-bond acceptors (Lipinski definition) is 3. The molecule has 0 aliphatic carbocycles. The summed E-state index contributed by atoms with van der Waals surface area (Å²) in [4.78, 5) is 0. The molecule has 0 heterocycles. The van der Waals surface area contributed by atoms with Gasteiger partial charge >= 0.3 is 0 Å². The fraction of sp³-hybridized carbons (Fsp3) is 0.538. The second kappa shape index (κ2) is 5.75. The minimum absolute atomic E-state index is 0.0732. The molecular weight excluding hydrogens is 200 g/mol. The molecule has 16 heavy (non-hydrogen) atoms. The van der Waals surface area contributed by atoms with Gasteiger partial charge < -0.3 is 16.2 Å². The first-order valence-electron chi connectivity index (χ1n) is 5.76. The maximum atomic E-state index is 9.29. The predicted octanol–water partition coefficient (Wildman–Crippen LogP) is 2.40. The first-order chi connectivity index (χ1) is 7.52. The van der Waals surface area contributed by atoms with Crippen LogP contribution in [0.1, 0.15) is 25.8 Å². The number of aliphatic hydroxyl groups excluding tert-OH is 1. The van der Waals surface area contributed by atoms with Gasteiger partial charge in [-0.3, -0.25) is 0 Å². The smallest absolute Gasteiger partial charge is 0.0632 e. The van der Waals surface area contributed by atoms with Crippen molar-refractivity contribution in [1.29, 1.82) is 0 Å². The molecule has 0 aliphatic rings. The van der Waals surface area contributed by atoms with Gasteiger partial charge in [-0.25, -0.2) is 0 Å². The van der Waals surface area contributed by atoms with Gasteiger partial charge in [0.25, 0.3) is 0 Å². The van der Waals surface area contributed by atoms with Crippen LogP contribution in [0.2, 0.25) is 0 Å². The maximum absolute atomic E-state index is 9.29. The molecule has 0 amide bonds. The minimum atomic E-state index is 0.0732. The van der Waals surface area contributed by atoms with Crippen molar-refractivity contribution >= 4 is 11.4 Å². The fourth-order valence-corrected chi connectivity index (χ4v) is 1.76. The number of nitrogen functional groups attached to an aromatic ring is 1. The van der Waals surface area contributed by atoms with Crippen LogP contribution in [-0.4, -0.2) is 17.8 Å². The van der Waals surface area contributed by atoms with Crippen LogP contribution in [0.25, 0.3) is 0 Å². The van der Waals surface area contributed by atoms with Crippen molar-refractivity contribution in [2.24, 2.45) is 5.92 Å². The standard InChI is InChI=1S/C13H22N2O/c1-9(2)6-11(8-16)15-13-7-10(3)4-5-12(13)14/h4-5,7,9,11,15-16H,6,8,14H2,1-3H3. The molecule has 1 unspecified atom stereocenters. The van der Waals surface area contributed by atoms with E-state index in [1.165, 1.54) is 0 Å². The first kappa shape index (κ1) is 12.8. The molecule has 0 saturated heterocycles. The van der Waals surface area contributed by atoms with E-state index in [4.69, 9.17) is 5.73 Å². The van der Waals surface area contributed by atoms with Crippen molar-refractivity contribution in [3.63, 3.8) is 0 Å². The van der Waals surface area contributed by atoms with Crippen molar-refractivity contribution in [1.82, 2.24) is 0 Å². The van der Waals surface area contributed by atoms with Gasteiger partial charge in [0.2, 0.25) is 0 Å². The van der Waals surface area contributed by atoms with Crippen molar-refractivity contribution < 1.29 is 5.11 Å². The fourth-order valence-electron chi connectivity index (χ4n) is 1.76.